The van der Waals surface area contributed by atoms with Crippen molar-refractivity contribution in [2.45, 2.75) is 26.2 Å². The van der Waals surface area contributed by atoms with Crippen molar-refractivity contribution in [3.05, 3.63) is 34.5 Å². The van der Waals surface area contributed by atoms with Gasteiger partial charge >= 0.3 is 0 Å². The Bertz CT molecular complexity index is 760. The maximum atomic E-state index is 14.0. The van der Waals surface area contributed by atoms with E-state index in [-0.39, 0.29) is 24.1 Å². The fourth-order valence-corrected chi connectivity index (χ4v) is 5.20. The van der Waals surface area contributed by atoms with Crippen LogP contribution in [0.3, 0.4) is 0 Å². The third-order valence-electron chi connectivity index (χ3n) is 5.54. The summed E-state index contributed by atoms with van der Waals surface area (Å²) < 4.78 is 14.9. The number of nitrogens with zero attached hydrogens (tertiary/aromatic N) is 1. The molecular weight excluding hydrogens is 347 g/mol. The average Bonchev–Trinajstić information content (AvgIpc) is 3.14. The minimum absolute atomic E-state index is 0. The van der Waals surface area contributed by atoms with Crippen molar-refractivity contribution in [2.24, 2.45) is 5.41 Å². The topological polar surface area (TPSA) is 32.3 Å². The van der Waals surface area contributed by atoms with E-state index in [2.05, 4.69) is 5.32 Å². The van der Waals surface area contributed by atoms with Crippen LogP contribution in [0.1, 0.15) is 34.5 Å². The molecule has 0 unspecified atom stereocenters. The molecule has 2 saturated heterocycles. The lowest BCUT2D eigenvalue weighted by Gasteiger charge is -2.38. The Balaban J connectivity index is 0.00000169. The van der Waals surface area contributed by atoms with Gasteiger partial charge in [0.15, 0.2) is 0 Å². The van der Waals surface area contributed by atoms with Crippen molar-refractivity contribution in [3.63, 3.8) is 0 Å². The Labute approximate surface area is 151 Å². The normalized spacial score (nSPS) is 19.7. The van der Waals surface area contributed by atoms with Crippen LogP contribution in [0.4, 0.5) is 4.39 Å². The zero-order chi connectivity index (χ0) is 16.0. The second kappa shape index (κ2) is 6.62. The van der Waals surface area contributed by atoms with Gasteiger partial charge in [-0.05, 0) is 55.8 Å². The van der Waals surface area contributed by atoms with Crippen molar-refractivity contribution >= 4 is 39.7 Å². The molecule has 130 valence electrons. The van der Waals surface area contributed by atoms with E-state index in [4.69, 9.17) is 0 Å². The summed E-state index contributed by atoms with van der Waals surface area (Å²) >= 11 is 1.42. The van der Waals surface area contributed by atoms with E-state index in [0.717, 1.165) is 49.3 Å². The molecule has 1 aromatic carbocycles. The summed E-state index contributed by atoms with van der Waals surface area (Å²) in [5, 5.41) is 4.05. The molecule has 1 spiro atoms. The van der Waals surface area contributed by atoms with Gasteiger partial charge in [0.2, 0.25) is 0 Å². The van der Waals surface area contributed by atoms with Gasteiger partial charge in [-0.15, -0.1) is 23.7 Å². The smallest absolute Gasteiger partial charge is 0.264 e. The van der Waals surface area contributed by atoms with E-state index in [9.17, 15) is 9.18 Å². The number of fused-ring (bicyclic) bond motifs is 1. The molecule has 1 aromatic heterocycles. The molecule has 1 amide bonds. The van der Waals surface area contributed by atoms with Crippen LogP contribution in [0.25, 0.3) is 10.1 Å². The number of likely N-dealkylation sites (tertiary alicyclic amines) is 1. The van der Waals surface area contributed by atoms with Crippen molar-refractivity contribution in [3.8, 4) is 0 Å². The number of thiophene rings is 1. The Morgan fingerprint density at radius 1 is 1.29 bits per heavy atom. The molecule has 0 aliphatic carbocycles. The molecule has 2 aliphatic heterocycles. The zero-order valence-electron chi connectivity index (χ0n) is 13.7. The lowest BCUT2D eigenvalue weighted by Crippen LogP contribution is -2.43. The largest absolute Gasteiger partial charge is 0.338 e. The number of hydrogen-bond donors (Lipinski definition) is 1. The standard InChI is InChI=1S/C18H21FN2OS.ClH/c1-12-15-13(19)3-2-4-14(15)23-16(12)17(22)21-9-6-18(7-10-21)5-8-20-11-18;/h2-4,20H,5-11H2,1H3;1H. The molecule has 0 saturated carbocycles. The van der Waals surface area contributed by atoms with Crippen LogP contribution < -0.4 is 5.32 Å². The monoisotopic (exact) mass is 368 g/mol. The highest BCUT2D eigenvalue weighted by atomic mass is 35.5. The molecule has 1 N–H and O–H groups in total. The number of piperidine rings is 1. The van der Waals surface area contributed by atoms with Crippen molar-refractivity contribution < 1.29 is 9.18 Å². The molecule has 4 rings (SSSR count). The highest BCUT2D eigenvalue weighted by molar-refractivity contribution is 7.21. The van der Waals surface area contributed by atoms with Crippen molar-refractivity contribution in [1.29, 1.82) is 0 Å². The first kappa shape index (κ1) is 17.6. The van der Waals surface area contributed by atoms with Crippen LogP contribution in [-0.2, 0) is 0 Å². The van der Waals surface area contributed by atoms with Gasteiger partial charge in [-0.2, -0.15) is 0 Å². The molecule has 0 atom stereocenters. The van der Waals surface area contributed by atoms with Gasteiger partial charge in [-0.3, -0.25) is 4.79 Å². The van der Waals surface area contributed by atoms with Crippen LogP contribution in [0.2, 0.25) is 0 Å². The molecule has 24 heavy (non-hydrogen) atoms. The van der Waals surface area contributed by atoms with E-state index in [1.54, 1.807) is 6.07 Å². The van der Waals surface area contributed by atoms with E-state index in [0.29, 0.717) is 15.7 Å². The number of halogens is 2. The number of hydrogen-bond acceptors (Lipinski definition) is 3. The van der Waals surface area contributed by atoms with Gasteiger partial charge in [-0.25, -0.2) is 4.39 Å². The molecule has 2 fully saturated rings. The van der Waals surface area contributed by atoms with Gasteiger partial charge < -0.3 is 10.2 Å². The third kappa shape index (κ3) is 2.83. The number of aryl methyl sites for hydroxylation is 1. The highest BCUT2D eigenvalue weighted by Gasteiger charge is 2.38. The fraction of sp³-hybridized carbons (Fsp3) is 0.500. The molecule has 0 radical (unpaired) electrons. The maximum absolute atomic E-state index is 14.0. The minimum atomic E-state index is -0.232. The first-order valence-electron chi connectivity index (χ1n) is 8.27. The Kier molecular flexibility index (Phi) is 4.87. The number of amides is 1. The van der Waals surface area contributed by atoms with Gasteiger partial charge in [0.25, 0.3) is 5.91 Å². The van der Waals surface area contributed by atoms with E-state index in [1.165, 1.54) is 23.8 Å². The average molecular weight is 369 g/mol. The SMILES string of the molecule is Cc1c(C(=O)N2CCC3(CCNC3)CC2)sc2cccc(F)c12.Cl. The van der Waals surface area contributed by atoms with Gasteiger partial charge in [0.05, 0.1) is 4.88 Å². The third-order valence-corrected chi connectivity index (χ3v) is 6.79. The Hall–Kier alpha value is -1.17. The first-order valence-corrected chi connectivity index (χ1v) is 9.09. The van der Waals surface area contributed by atoms with Crippen molar-refractivity contribution in [2.75, 3.05) is 26.2 Å². The quantitative estimate of drug-likeness (QED) is 0.825. The predicted molar refractivity (Wildman–Crippen MR) is 98.8 cm³/mol. The lowest BCUT2D eigenvalue weighted by molar-refractivity contribution is 0.0612. The molecule has 6 heteroatoms. The number of benzene rings is 1. The summed E-state index contributed by atoms with van der Waals surface area (Å²) in [7, 11) is 0. The van der Waals surface area contributed by atoms with E-state index >= 15 is 0 Å². The molecule has 0 bridgehead atoms. The molecule has 3 nitrogen and oxygen atoms in total. The number of carbonyl (C=O) groups excluding carboxylic acids is 1. The lowest BCUT2D eigenvalue weighted by atomic mass is 9.78. The minimum Gasteiger partial charge on any atom is -0.338 e. The first-order chi connectivity index (χ1) is 11.1. The summed E-state index contributed by atoms with van der Waals surface area (Å²) in [6.07, 6.45) is 3.37. The van der Waals surface area contributed by atoms with Crippen LogP contribution >= 0.6 is 23.7 Å². The van der Waals surface area contributed by atoms with Crippen molar-refractivity contribution in [1.82, 2.24) is 10.2 Å². The summed E-state index contributed by atoms with van der Waals surface area (Å²) in [5.41, 5.74) is 1.19. The molecule has 2 aromatic rings. The number of carbonyl (C=O) groups is 1. The number of rotatable bonds is 1. The predicted octanol–water partition coefficient (Wildman–Crippen LogP) is 3.99. The maximum Gasteiger partial charge on any atom is 0.264 e. The Morgan fingerprint density at radius 3 is 2.67 bits per heavy atom. The highest BCUT2D eigenvalue weighted by Crippen LogP contribution is 2.38. The number of nitrogens with one attached hydrogen (secondary N) is 1. The van der Waals surface area contributed by atoms with E-state index in [1.807, 2.05) is 17.9 Å². The second-order valence-corrected chi connectivity index (χ2v) is 7.94. The zero-order valence-corrected chi connectivity index (χ0v) is 15.4. The van der Waals surface area contributed by atoms with Crippen LogP contribution in [0.5, 0.6) is 0 Å². The van der Waals surface area contributed by atoms with Gasteiger partial charge in [0.1, 0.15) is 5.82 Å². The van der Waals surface area contributed by atoms with Crippen LogP contribution in [0.15, 0.2) is 18.2 Å². The van der Waals surface area contributed by atoms with Gasteiger partial charge in [-0.1, -0.05) is 6.07 Å². The molecular formula is C18H22ClFN2OS. The summed E-state index contributed by atoms with van der Waals surface area (Å²) in [5.74, 6) is -0.158. The summed E-state index contributed by atoms with van der Waals surface area (Å²) in [6.45, 7) is 5.68. The van der Waals surface area contributed by atoms with Gasteiger partial charge in [0, 0.05) is 29.7 Å². The summed E-state index contributed by atoms with van der Waals surface area (Å²) in [4.78, 5) is 15.6. The van der Waals surface area contributed by atoms with Crippen LogP contribution in [-0.4, -0.2) is 37.0 Å². The second-order valence-electron chi connectivity index (χ2n) is 6.89. The molecule has 3 heterocycles. The van der Waals surface area contributed by atoms with Crippen LogP contribution in [0, 0.1) is 18.2 Å². The Morgan fingerprint density at radius 2 is 2.04 bits per heavy atom. The summed E-state index contributed by atoms with van der Waals surface area (Å²) in [6, 6.07) is 5.07. The van der Waals surface area contributed by atoms with E-state index < -0.39 is 0 Å². The fourth-order valence-electron chi connectivity index (χ4n) is 4.01. The molecule has 2 aliphatic rings.